The van der Waals surface area contributed by atoms with Gasteiger partial charge in [0.1, 0.15) is 11.4 Å². The average Bonchev–Trinajstić information content (AvgIpc) is 3.46. The molecule has 3 N–H and O–H groups in total. The van der Waals surface area contributed by atoms with Crippen molar-refractivity contribution in [2.45, 2.75) is 32.0 Å². The Morgan fingerprint density at radius 3 is 2.41 bits per heavy atom. The summed E-state index contributed by atoms with van der Waals surface area (Å²) in [7, 11) is 0. The van der Waals surface area contributed by atoms with Gasteiger partial charge in [0.05, 0.1) is 17.7 Å². The number of nitro benzene ring substituents is 1. The molecule has 32 heavy (non-hydrogen) atoms. The molecular weight excluding hydrogens is 412 g/mol. The van der Waals surface area contributed by atoms with Crippen molar-refractivity contribution in [1.82, 2.24) is 10.6 Å². The van der Waals surface area contributed by atoms with E-state index in [2.05, 4.69) is 16.0 Å². The van der Waals surface area contributed by atoms with Crippen molar-refractivity contribution >= 4 is 23.2 Å². The monoisotopic (exact) mass is 434 g/mol. The lowest BCUT2D eigenvalue weighted by atomic mass is 10.1. The quantitative estimate of drug-likeness (QED) is 0.349. The maximum atomic E-state index is 12.5. The van der Waals surface area contributed by atoms with E-state index in [4.69, 9.17) is 4.42 Å². The number of amides is 2. The minimum atomic E-state index is -0.494. The number of furan rings is 1. The van der Waals surface area contributed by atoms with Crippen molar-refractivity contribution in [1.29, 1.82) is 0 Å². The summed E-state index contributed by atoms with van der Waals surface area (Å²) in [6.45, 7) is 0.450. The first kappa shape index (κ1) is 21.1. The Morgan fingerprint density at radius 2 is 1.72 bits per heavy atom. The fourth-order valence-corrected chi connectivity index (χ4v) is 3.18. The van der Waals surface area contributed by atoms with E-state index in [0.29, 0.717) is 17.0 Å². The topological polar surface area (TPSA) is 127 Å². The first-order valence-corrected chi connectivity index (χ1v) is 10.2. The smallest absolute Gasteiger partial charge is 0.293 e. The van der Waals surface area contributed by atoms with E-state index in [9.17, 15) is 19.7 Å². The van der Waals surface area contributed by atoms with E-state index in [1.54, 1.807) is 48.5 Å². The van der Waals surface area contributed by atoms with Gasteiger partial charge >= 0.3 is 0 Å². The van der Waals surface area contributed by atoms with Crippen LogP contribution in [-0.2, 0) is 13.1 Å². The molecule has 1 aromatic heterocycles. The van der Waals surface area contributed by atoms with Gasteiger partial charge in [-0.05, 0) is 54.8 Å². The van der Waals surface area contributed by atoms with Crippen LogP contribution in [0.5, 0.6) is 0 Å². The molecule has 164 valence electrons. The van der Waals surface area contributed by atoms with Crippen molar-refractivity contribution in [2.24, 2.45) is 0 Å². The zero-order valence-corrected chi connectivity index (χ0v) is 17.2. The molecule has 1 aliphatic carbocycles. The first-order chi connectivity index (χ1) is 15.5. The Labute approximate surface area is 184 Å². The van der Waals surface area contributed by atoms with Gasteiger partial charge < -0.3 is 20.4 Å². The van der Waals surface area contributed by atoms with Crippen molar-refractivity contribution < 1.29 is 18.9 Å². The standard InChI is InChI=1S/C23H22N4O5/c28-22(25-14-19-5-2-10-32-19)16-4-1-3-15(11-16)13-24-23(29)17-6-9-20(26-18-7-8-18)21(12-17)27(30)31/h1-6,9-12,18,26H,7-8,13-14H2,(H,24,29)(H,25,28). The number of nitrogens with one attached hydrogen (secondary N) is 3. The molecule has 4 rings (SSSR count). The second-order valence-corrected chi connectivity index (χ2v) is 7.55. The Hall–Kier alpha value is -4.14. The van der Waals surface area contributed by atoms with Gasteiger partial charge in [-0.3, -0.25) is 19.7 Å². The largest absolute Gasteiger partial charge is 0.467 e. The number of rotatable bonds is 9. The highest BCUT2D eigenvalue weighted by Gasteiger charge is 2.25. The third kappa shape index (κ3) is 5.31. The van der Waals surface area contributed by atoms with Gasteiger partial charge in [0.15, 0.2) is 0 Å². The van der Waals surface area contributed by atoms with Crippen LogP contribution in [0, 0.1) is 10.1 Å². The van der Waals surface area contributed by atoms with Crippen LogP contribution in [0.25, 0.3) is 0 Å². The number of nitrogens with zero attached hydrogens (tertiary/aromatic N) is 1. The molecule has 0 radical (unpaired) electrons. The third-order valence-corrected chi connectivity index (χ3v) is 5.04. The van der Waals surface area contributed by atoms with Crippen LogP contribution >= 0.6 is 0 Å². The number of nitro groups is 1. The first-order valence-electron chi connectivity index (χ1n) is 10.2. The number of carbonyl (C=O) groups is 2. The van der Waals surface area contributed by atoms with Gasteiger partial charge in [-0.1, -0.05) is 12.1 Å². The molecule has 2 aromatic carbocycles. The lowest BCUT2D eigenvalue weighted by molar-refractivity contribution is -0.384. The van der Waals surface area contributed by atoms with Gasteiger partial charge in [-0.25, -0.2) is 0 Å². The minimum Gasteiger partial charge on any atom is -0.467 e. The van der Waals surface area contributed by atoms with E-state index < -0.39 is 10.8 Å². The Morgan fingerprint density at radius 1 is 0.969 bits per heavy atom. The SMILES string of the molecule is O=C(NCc1cccc(C(=O)NCc2ccco2)c1)c1ccc(NC2CC2)c([N+](=O)[O-])c1. The van der Waals surface area contributed by atoms with Gasteiger partial charge in [0.2, 0.25) is 0 Å². The van der Waals surface area contributed by atoms with Crippen molar-refractivity contribution in [3.8, 4) is 0 Å². The maximum Gasteiger partial charge on any atom is 0.293 e. The van der Waals surface area contributed by atoms with Gasteiger partial charge in [0, 0.05) is 29.8 Å². The van der Waals surface area contributed by atoms with Gasteiger partial charge in [0.25, 0.3) is 17.5 Å². The fourth-order valence-electron chi connectivity index (χ4n) is 3.18. The molecule has 1 aliphatic rings. The summed E-state index contributed by atoms with van der Waals surface area (Å²) in [6, 6.07) is 15.1. The molecule has 1 fully saturated rings. The molecule has 9 heteroatoms. The lowest BCUT2D eigenvalue weighted by Crippen LogP contribution is -2.24. The van der Waals surface area contributed by atoms with Crippen LogP contribution in [-0.4, -0.2) is 22.8 Å². The van der Waals surface area contributed by atoms with E-state index in [1.807, 2.05) is 0 Å². The molecule has 0 unspecified atom stereocenters. The molecule has 0 aliphatic heterocycles. The van der Waals surface area contributed by atoms with E-state index in [-0.39, 0.29) is 36.3 Å². The number of anilines is 1. The van der Waals surface area contributed by atoms with Crippen LogP contribution in [0.3, 0.4) is 0 Å². The predicted octanol–water partition coefficient (Wildman–Crippen LogP) is 3.62. The average molecular weight is 434 g/mol. The molecule has 0 atom stereocenters. The van der Waals surface area contributed by atoms with Crippen LogP contribution in [0.4, 0.5) is 11.4 Å². The molecule has 3 aromatic rings. The summed E-state index contributed by atoms with van der Waals surface area (Å²) in [5.74, 6) is -0.0445. The van der Waals surface area contributed by atoms with E-state index >= 15 is 0 Å². The number of benzene rings is 2. The molecule has 0 spiro atoms. The molecular formula is C23H22N4O5. The van der Waals surface area contributed by atoms with Crippen LogP contribution in [0.15, 0.2) is 65.3 Å². The van der Waals surface area contributed by atoms with Gasteiger partial charge in [-0.2, -0.15) is 0 Å². The van der Waals surface area contributed by atoms with Crippen LogP contribution in [0.2, 0.25) is 0 Å². The summed E-state index contributed by atoms with van der Waals surface area (Å²) >= 11 is 0. The fraction of sp³-hybridized carbons (Fsp3) is 0.217. The molecule has 0 bridgehead atoms. The highest BCUT2D eigenvalue weighted by molar-refractivity contribution is 5.96. The zero-order chi connectivity index (χ0) is 22.5. The Kier molecular flexibility index (Phi) is 6.16. The summed E-state index contributed by atoms with van der Waals surface area (Å²) in [4.78, 5) is 35.8. The van der Waals surface area contributed by atoms with E-state index in [0.717, 1.165) is 18.4 Å². The summed E-state index contributed by atoms with van der Waals surface area (Å²) in [6.07, 6.45) is 3.51. The normalized spacial score (nSPS) is 12.8. The summed E-state index contributed by atoms with van der Waals surface area (Å²) in [5.41, 5.74) is 1.67. The zero-order valence-electron chi connectivity index (χ0n) is 17.2. The maximum absolute atomic E-state index is 12.5. The second kappa shape index (κ2) is 9.34. The highest BCUT2D eigenvalue weighted by Crippen LogP contribution is 2.31. The molecule has 2 amide bonds. The van der Waals surface area contributed by atoms with Gasteiger partial charge in [-0.15, -0.1) is 0 Å². The summed E-state index contributed by atoms with van der Waals surface area (Å²) in [5, 5.41) is 20.0. The summed E-state index contributed by atoms with van der Waals surface area (Å²) < 4.78 is 5.19. The van der Waals surface area contributed by atoms with Crippen molar-refractivity contribution in [3.63, 3.8) is 0 Å². The molecule has 1 heterocycles. The van der Waals surface area contributed by atoms with Crippen LogP contribution < -0.4 is 16.0 Å². The minimum absolute atomic E-state index is 0.125. The molecule has 1 saturated carbocycles. The van der Waals surface area contributed by atoms with Crippen LogP contribution in [0.1, 0.15) is 44.9 Å². The molecule has 9 nitrogen and oxygen atoms in total. The molecule has 0 saturated heterocycles. The number of hydrogen-bond donors (Lipinski definition) is 3. The predicted molar refractivity (Wildman–Crippen MR) is 117 cm³/mol. The highest BCUT2D eigenvalue weighted by atomic mass is 16.6. The lowest BCUT2D eigenvalue weighted by Gasteiger charge is -2.10. The second-order valence-electron chi connectivity index (χ2n) is 7.55. The van der Waals surface area contributed by atoms with E-state index in [1.165, 1.54) is 12.3 Å². The van der Waals surface area contributed by atoms with Crippen molar-refractivity contribution in [2.75, 3.05) is 5.32 Å². The third-order valence-electron chi connectivity index (χ3n) is 5.04. The Bertz CT molecular complexity index is 1140. The Balaban J connectivity index is 1.37. The van der Waals surface area contributed by atoms with Crippen molar-refractivity contribution in [3.05, 3.63) is 93.4 Å². The number of carbonyl (C=O) groups excluding carboxylic acids is 2. The number of hydrogen-bond acceptors (Lipinski definition) is 6.